The summed E-state index contributed by atoms with van der Waals surface area (Å²) in [5.41, 5.74) is 3.72. The lowest BCUT2D eigenvalue weighted by Gasteiger charge is -2.17. The number of thioether (sulfide) groups is 1. The van der Waals surface area contributed by atoms with Crippen molar-refractivity contribution in [1.82, 2.24) is 10.3 Å². The number of nitrogens with zero attached hydrogens (tertiary/aromatic N) is 1. The van der Waals surface area contributed by atoms with Crippen LogP contribution in [0.25, 0.3) is 17.3 Å². The maximum atomic E-state index is 13.8. The van der Waals surface area contributed by atoms with Crippen LogP contribution in [0.3, 0.4) is 0 Å². The van der Waals surface area contributed by atoms with Gasteiger partial charge in [-0.15, -0.1) is 23.1 Å². The Bertz CT molecular complexity index is 2250. The molecule has 3 N–H and O–H groups in total. The molecule has 0 bridgehead atoms. The number of halogens is 2. The number of carbonyl (C=O) groups is 3. The number of carbonyl (C=O) groups excluding carboxylic acids is 3. The molecule has 266 valence electrons. The van der Waals surface area contributed by atoms with Crippen molar-refractivity contribution in [2.45, 2.75) is 17.1 Å². The van der Waals surface area contributed by atoms with Gasteiger partial charge in [0.05, 0.1) is 17.3 Å². The second kappa shape index (κ2) is 17.9. The summed E-state index contributed by atoms with van der Waals surface area (Å²) in [6.45, 7) is 2.31. The lowest BCUT2D eigenvalue weighted by molar-refractivity contribution is -0.116. The Labute approximate surface area is 325 Å². The van der Waals surface area contributed by atoms with E-state index >= 15 is 0 Å². The first-order chi connectivity index (χ1) is 25.8. The highest BCUT2D eigenvalue weighted by Crippen LogP contribution is 2.38. The maximum Gasteiger partial charge on any atom is 0.272 e. The third-order valence-electron chi connectivity index (χ3n) is 7.70. The number of rotatable bonds is 13. The number of aromatic nitrogens is 1. The lowest BCUT2D eigenvalue weighted by Crippen LogP contribution is -2.30. The largest absolute Gasteiger partial charge is 0.493 e. The monoisotopic (exact) mass is 778 g/mol. The predicted octanol–water partition coefficient (Wildman–Crippen LogP) is 10.4. The molecule has 53 heavy (non-hydrogen) atoms. The number of nitrogens with one attached hydrogen (secondary N) is 3. The van der Waals surface area contributed by atoms with Crippen LogP contribution in [-0.4, -0.2) is 29.3 Å². The number of para-hydroxylation sites is 1. The van der Waals surface area contributed by atoms with Crippen LogP contribution < -0.4 is 20.7 Å². The summed E-state index contributed by atoms with van der Waals surface area (Å²) in [4.78, 5) is 45.9. The van der Waals surface area contributed by atoms with Crippen LogP contribution >= 0.6 is 46.3 Å². The van der Waals surface area contributed by atoms with Gasteiger partial charge in [0.1, 0.15) is 16.7 Å². The molecule has 1 aromatic heterocycles. The Kier molecular flexibility index (Phi) is 12.6. The van der Waals surface area contributed by atoms with Crippen LogP contribution in [0.1, 0.15) is 33.7 Å². The van der Waals surface area contributed by atoms with E-state index in [0.29, 0.717) is 55.6 Å². The number of hydrogen-bond donors (Lipinski definition) is 3. The molecule has 0 spiro atoms. The summed E-state index contributed by atoms with van der Waals surface area (Å²) < 4.78 is 5.75. The van der Waals surface area contributed by atoms with Gasteiger partial charge in [-0.3, -0.25) is 14.4 Å². The molecule has 0 radical (unpaired) electrons. The fraction of sp³-hybridized carbons (Fsp3) is 0.0732. The van der Waals surface area contributed by atoms with Crippen LogP contribution in [0.4, 0.5) is 10.8 Å². The van der Waals surface area contributed by atoms with Gasteiger partial charge in [0.15, 0.2) is 5.13 Å². The minimum absolute atomic E-state index is 0.0361. The zero-order chi connectivity index (χ0) is 37.2. The van der Waals surface area contributed by atoms with Crippen LogP contribution in [0.15, 0.2) is 143 Å². The number of benzene rings is 5. The first-order valence-electron chi connectivity index (χ1n) is 16.4. The summed E-state index contributed by atoms with van der Waals surface area (Å²) in [6.07, 6.45) is 1.59. The highest BCUT2D eigenvalue weighted by atomic mass is 35.5. The van der Waals surface area contributed by atoms with Gasteiger partial charge < -0.3 is 20.7 Å². The summed E-state index contributed by atoms with van der Waals surface area (Å²) >= 11 is 15.1. The molecule has 3 amide bonds. The van der Waals surface area contributed by atoms with E-state index in [1.165, 1.54) is 23.1 Å². The van der Waals surface area contributed by atoms with Crippen LogP contribution in [0, 0.1) is 0 Å². The van der Waals surface area contributed by atoms with E-state index in [4.69, 9.17) is 27.9 Å². The number of anilines is 2. The Morgan fingerprint density at radius 1 is 0.849 bits per heavy atom. The second-order valence-electron chi connectivity index (χ2n) is 11.4. The molecule has 0 saturated heterocycles. The number of thiazole rings is 1. The average molecular weight is 780 g/mol. The van der Waals surface area contributed by atoms with E-state index in [1.807, 2.05) is 73.0 Å². The van der Waals surface area contributed by atoms with Crippen molar-refractivity contribution in [1.29, 1.82) is 0 Å². The fourth-order valence-corrected chi connectivity index (χ4v) is 7.40. The topological polar surface area (TPSA) is 109 Å². The van der Waals surface area contributed by atoms with Gasteiger partial charge in [0, 0.05) is 37.7 Å². The molecular formula is C41H32Cl2N4O4S2. The van der Waals surface area contributed by atoms with Crippen molar-refractivity contribution in [3.8, 4) is 17.0 Å². The molecule has 6 rings (SSSR count). The molecule has 12 heteroatoms. The van der Waals surface area contributed by atoms with Gasteiger partial charge in [-0.2, -0.15) is 0 Å². The van der Waals surface area contributed by atoms with E-state index < -0.39 is 17.1 Å². The van der Waals surface area contributed by atoms with E-state index in [-0.39, 0.29) is 11.6 Å². The van der Waals surface area contributed by atoms with E-state index in [9.17, 15) is 14.4 Å². The standard InChI is InChI=1S/C41H32Cl2N4O4S2/c1-2-51-36-16-10-9-15-28(36)23-34(45-38(48)27-13-7-4-8-14-27)39(49)44-30-18-20-31(21-19-30)53-37(26-11-5-3-6-12-26)40(50)47-41-46-35(25-52-41)32-22-17-29(42)24-33(32)43/h3-25,37H,2H2,1H3,(H,44,49)(H,45,48)(H,46,47,50)/b34-23-. The van der Waals surface area contributed by atoms with Crippen molar-refractivity contribution < 1.29 is 19.1 Å². The Hall–Kier alpha value is -5.39. The molecule has 0 aliphatic carbocycles. The Morgan fingerprint density at radius 2 is 1.55 bits per heavy atom. The second-order valence-corrected chi connectivity index (χ2v) is 14.3. The summed E-state index contributed by atoms with van der Waals surface area (Å²) in [5, 5.41) is 11.2. The van der Waals surface area contributed by atoms with Gasteiger partial charge in [-0.05, 0) is 79.2 Å². The van der Waals surface area contributed by atoms with Crippen LogP contribution in [0.2, 0.25) is 10.0 Å². The molecule has 0 aliphatic rings. The molecule has 1 heterocycles. The van der Waals surface area contributed by atoms with Gasteiger partial charge >= 0.3 is 0 Å². The molecule has 8 nitrogen and oxygen atoms in total. The SMILES string of the molecule is CCOc1ccccc1/C=C(\NC(=O)c1ccccc1)C(=O)Nc1ccc(SC(C(=O)Nc2nc(-c3ccc(Cl)cc3Cl)cs2)c2ccccc2)cc1. The molecule has 0 fully saturated rings. The molecular weight excluding hydrogens is 748 g/mol. The minimum atomic E-state index is -0.615. The van der Waals surface area contributed by atoms with Crippen molar-refractivity contribution in [2.75, 3.05) is 17.2 Å². The van der Waals surface area contributed by atoms with E-state index in [1.54, 1.807) is 72.8 Å². The first kappa shape index (κ1) is 37.4. The third kappa shape index (κ3) is 9.94. The molecule has 1 atom stereocenters. The molecule has 0 saturated carbocycles. The van der Waals surface area contributed by atoms with E-state index in [0.717, 1.165) is 10.5 Å². The highest BCUT2D eigenvalue weighted by Gasteiger charge is 2.24. The van der Waals surface area contributed by atoms with Crippen molar-refractivity contribution in [3.63, 3.8) is 0 Å². The van der Waals surface area contributed by atoms with Crippen molar-refractivity contribution >= 4 is 80.9 Å². The minimum Gasteiger partial charge on any atom is -0.493 e. The maximum absolute atomic E-state index is 13.8. The molecule has 6 aromatic rings. The number of hydrogen-bond acceptors (Lipinski definition) is 7. The smallest absolute Gasteiger partial charge is 0.272 e. The summed E-state index contributed by atoms with van der Waals surface area (Å²) in [6, 6.07) is 37.7. The van der Waals surface area contributed by atoms with Crippen LogP contribution in [0.5, 0.6) is 5.75 Å². The quantitative estimate of drug-likeness (QED) is 0.0796. The number of amides is 3. The van der Waals surface area contributed by atoms with Gasteiger partial charge in [0.2, 0.25) is 5.91 Å². The highest BCUT2D eigenvalue weighted by molar-refractivity contribution is 8.00. The Morgan fingerprint density at radius 3 is 2.26 bits per heavy atom. The lowest BCUT2D eigenvalue weighted by atomic mass is 10.1. The third-order valence-corrected chi connectivity index (χ3v) is 10.3. The predicted molar refractivity (Wildman–Crippen MR) is 216 cm³/mol. The van der Waals surface area contributed by atoms with Gasteiger partial charge in [0.25, 0.3) is 11.8 Å². The zero-order valence-electron chi connectivity index (χ0n) is 28.2. The zero-order valence-corrected chi connectivity index (χ0v) is 31.4. The van der Waals surface area contributed by atoms with E-state index in [2.05, 4.69) is 20.9 Å². The van der Waals surface area contributed by atoms with Gasteiger partial charge in [-0.1, -0.05) is 89.9 Å². The number of ether oxygens (including phenoxy) is 1. The van der Waals surface area contributed by atoms with Gasteiger partial charge in [-0.25, -0.2) is 4.98 Å². The normalized spacial score (nSPS) is 11.7. The first-order valence-corrected chi connectivity index (χ1v) is 18.9. The average Bonchev–Trinajstić information content (AvgIpc) is 3.63. The summed E-state index contributed by atoms with van der Waals surface area (Å²) in [5.74, 6) is -0.627. The van der Waals surface area contributed by atoms with Crippen LogP contribution in [-0.2, 0) is 9.59 Å². The molecule has 0 aliphatic heterocycles. The fourth-order valence-electron chi connectivity index (χ4n) is 5.16. The molecule has 1 unspecified atom stereocenters. The molecule has 5 aromatic carbocycles. The summed E-state index contributed by atoms with van der Waals surface area (Å²) in [7, 11) is 0. The van der Waals surface area contributed by atoms with Crippen molar-refractivity contribution in [2.24, 2.45) is 0 Å². The Balaban J connectivity index is 1.19. The van der Waals surface area contributed by atoms with Crippen molar-refractivity contribution in [3.05, 3.63) is 165 Å².